The number of phenols is 1. The highest BCUT2D eigenvalue weighted by molar-refractivity contribution is 5.72. The van der Waals surface area contributed by atoms with Gasteiger partial charge in [-0.2, -0.15) is 0 Å². The molecule has 0 bridgehead atoms. The summed E-state index contributed by atoms with van der Waals surface area (Å²) in [6, 6.07) is 3.82. The van der Waals surface area contributed by atoms with Crippen LogP contribution in [0.25, 0.3) is 5.57 Å². The molecule has 0 unspecified atom stereocenters. The van der Waals surface area contributed by atoms with Crippen molar-refractivity contribution in [3.63, 3.8) is 0 Å². The third kappa shape index (κ3) is 1.79. The fourth-order valence-corrected chi connectivity index (χ4v) is 2.39. The first-order valence-corrected chi connectivity index (χ1v) is 5.62. The van der Waals surface area contributed by atoms with Crippen LogP contribution in [0, 0.1) is 0 Å². The molecule has 0 heterocycles. The van der Waals surface area contributed by atoms with Gasteiger partial charge in [0.2, 0.25) is 0 Å². The van der Waals surface area contributed by atoms with Crippen LogP contribution in [0.3, 0.4) is 0 Å². The Morgan fingerprint density at radius 2 is 2.00 bits per heavy atom. The Hall–Kier alpha value is -1.24. The second-order valence-corrected chi connectivity index (χ2v) is 4.65. The summed E-state index contributed by atoms with van der Waals surface area (Å²) in [5, 5.41) is 9.68. The van der Waals surface area contributed by atoms with Crippen molar-refractivity contribution >= 4 is 5.57 Å². The summed E-state index contributed by atoms with van der Waals surface area (Å²) in [7, 11) is 0. The average molecular weight is 202 g/mol. The van der Waals surface area contributed by atoms with Crippen LogP contribution in [0.5, 0.6) is 5.75 Å². The van der Waals surface area contributed by atoms with Crippen molar-refractivity contribution in [3.05, 3.63) is 34.9 Å². The van der Waals surface area contributed by atoms with E-state index in [1.165, 1.54) is 22.3 Å². The zero-order chi connectivity index (χ0) is 11.0. The van der Waals surface area contributed by atoms with E-state index in [-0.39, 0.29) is 0 Å². The lowest BCUT2D eigenvalue weighted by Crippen LogP contribution is -2.04. The van der Waals surface area contributed by atoms with Crippen molar-refractivity contribution in [2.24, 2.45) is 0 Å². The Balaban J connectivity index is 2.66. The molecule has 0 amide bonds. The first-order valence-electron chi connectivity index (χ1n) is 5.62. The van der Waals surface area contributed by atoms with Gasteiger partial charge in [0, 0.05) is 0 Å². The van der Waals surface area contributed by atoms with Gasteiger partial charge in [0.1, 0.15) is 5.75 Å². The Morgan fingerprint density at radius 1 is 1.27 bits per heavy atom. The third-order valence-corrected chi connectivity index (χ3v) is 3.12. The van der Waals surface area contributed by atoms with Gasteiger partial charge in [0.25, 0.3) is 0 Å². The van der Waals surface area contributed by atoms with Crippen LogP contribution < -0.4 is 0 Å². The largest absolute Gasteiger partial charge is 0.508 e. The fourth-order valence-electron chi connectivity index (χ4n) is 2.39. The number of aryl methyl sites for hydroxylation is 1. The molecule has 0 saturated carbocycles. The van der Waals surface area contributed by atoms with Gasteiger partial charge in [0.05, 0.1) is 0 Å². The molecule has 1 aromatic rings. The van der Waals surface area contributed by atoms with Crippen LogP contribution >= 0.6 is 0 Å². The molecule has 0 saturated heterocycles. The maximum atomic E-state index is 9.68. The molecule has 0 spiro atoms. The van der Waals surface area contributed by atoms with E-state index in [4.69, 9.17) is 0 Å². The molecule has 0 atom stereocenters. The van der Waals surface area contributed by atoms with Gasteiger partial charge >= 0.3 is 0 Å². The molecule has 1 nitrogen and oxygen atoms in total. The second-order valence-electron chi connectivity index (χ2n) is 4.65. The molecule has 1 heteroatoms. The lowest BCUT2D eigenvalue weighted by atomic mass is 9.84. The standard InChI is InChI=1S/C14H18O/c1-9(2)13-8-12(15)7-11-6-4-5-10(3)14(11)13/h5,7-9,15H,4,6H2,1-3H3. The maximum absolute atomic E-state index is 9.68. The molecule has 1 aliphatic rings. The van der Waals surface area contributed by atoms with Crippen molar-refractivity contribution in [2.75, 3.05) is 0 Å². The van der Waals surface area contributed by atoms with Crippen LogP contribution in [0.4, 0.5) is 0 Å². The Kier molecular flexibility index (Phi) is 2.56. The number of rotatable bonds is 1. The number of hydrogen-bond acceptors (Lipinski definition) is 1. The van der Waals surface area contributed by atoms with Crippen LogP contribution in [0.2, 0.25) is 0 Å². The van der Waals surface area contributed by atoms with Gasteiger partial charge in [-0.25, -0.2) is 0 Å². The van der Waals surface area contributed by atoms with E-state index in [9.17, 15) is 5.11 Å². The van der Waals surface area contributed by atoms with Gasteiger partial charge in [-0.05, 0) is 60.1 Å². The molecular weight excluding hydrogens is 184 g/mol. The summed E-state index contributed by atoms with van der Waals surface area (Å²) in [6.45, 7) is 6.52. The second kappa shape index (κ2) is 3.73. The van der Waals surface area contributed by atoms with Crippen LogP contribution in [-0.4, -0.2) is 5.11 Å². The Morgan fingerprint density at radius 3 is 2.67 bits per heavy atom. The Bertz CT molecular complexity index is 414. The molecule has 1 aliphatic carbocycles. The van der Waals surface area contributed by atoms with Crippen LogP contribution in [-0.2, 0) is 6.42 Å². The van der Waals surface area contributed by atoms with Crippen LogP contribution in [0.15, 0.2) is 18.2 Å². The molecule has 1 aromatic carbocycles. The topological polar surface area (TPSA) is 20.2 Å². The number of hydrogen-bond donors (Lipinski definition) is 1. The van der Waals surface area contributed by atoms with Crippen molar-refractivity contribution in [1.29, 1.82) is 0 Å². The minimum Gasteiger partial charge on any atom is -0.508 e. The number of aromatic hydroxyl groups is 1. The van der Waals surface area contributed by atoms with E-state index < -0.39 is 0 Å². The zero-order valence-electron chi connectivity index (χ0n) is 9.67. The summed E-state index contributed by atoms with van der Waals surface area (Å²) in [6.07, 6.45) is 4.45. The van der Waals surface area contributed by atoms with E-state index >= 15 is 0 Å². The normalized spacial score (nSPS) is 15.1. The van der Waals surface area contributed by atoms with Gasteiger partial charge in [0.15, 0.2) is 0 Å². The number of benzene rings is 1. The maximum Gasteiger partial charge on any atom is 0.116 e. The highest BCUT2D eigenvalue weighted by Crippen LogP contribution is 2.35. The molecule has 0 fully saturated rings. The lowest BCUT2D eigenvalue weighted by Gasteiger charge is -2.21. The van der Waals surface area contributed by atoms with Crippen LogP contribution in [0.1, 0.15) is 49.8 Å². The average Bonchev–Trinajstić information content (AvgIpc) is 2.16. The van der Waals surface area contributed by atoms with E-state index in [1.807, 2.05) is 12.1 Å². The first kappa shape index (κ1) is 10.3. The van der Waals surface area contributed by atoms with Crippen molar-refractivity contribution < 1.29 is 5.11 Å². The number of fused-ring (bicyclic) bond motifs is 1. The number of allylic oxidation sites excluding steroid dienone is 2. The molecular formula is C14H18O. The summed E-state index contributed by atoms with van der Waals surface area (Å²) in [5.74, 6) is 0.874. The van der Waals surface area contributed by atoms with E-state index in [0.29, 0.717) is 11.7 Å². The predicted molar refractivity (Wildman–Crippen MR) is 64.2 cm³/mol. The lowest BCUT2D eigenvalue weighted by molar-refractivity contribution is 0.473. The number of phenolic OH excluding ortho intramolecular Hbond substituents is 1. The van der Waals surface area contributed by atoms with Crippen molar-refractivity contribution in [2.45, 2.75) is 39.5 Å². The van der Waals surface area contributed by atoms with Crippen molar-refractivity contribution in [1.82, 2.24) is 0 Å². The highest BCUT2D eigenvalue weighted by Gasteiger charge is 2.16. The van der Waals surface area contributed by atoms with Gasteiger partial charge in [-0.3, -0.25) is 0 Å². The van der Waals surface area contributed by atoms with E-state index in [0.717, 1.165) is 12.8 Å². The molecule has 80 valence electrons. The molecule has 0 aromatic heterocycles. The van der Waals surface area contributed by atoms with Gasteiger partial charge in [-0.1, -0.05) is 19.9 Å². The van der Waals surface area contributed by atoms with E-state index in [1.54, 1.807) is 0 Å². The molecule has 15 heavy (non-hydrogen) atoms. The SMILES string of the molecule is CC1=CCCc2cc(O)cc(C(C)C)c21. The first-order chi connectivity index (χ1) is 7.09. The summed E-state index contributed by atoms with van der Waals surface area (Å²) in [5.41, 5.74) is 5.31. The molecule has 0 aliphatic heterocycles. The molecule has 1 N–H and O–H groups in total. The van der Waals surface area contributed by atoms with Gasteiger partial charge in [-0.15, -0.1) is 0 Å². The van der Waals surface area contributed by atoms with Crippen molar-refractivity contribution in [3.8, 4) is 5.75 Å². The predicted octanol–water partition coefficient (Wildman–Crippen LogP) is 3.87. The fraction of sp³-hybridized carbons (Fsp3) is 0.429. The minimum atomic E-state index is 0.409. The molecule has 2 rings (SSSR count). The monoisotopic (exact) mass is 202 g/mol. The minimum absolute atomic E-state index is 0.409. The zero-order valence-corrected chi connectivity index (χ0v) is 9.67. The summed E-state index contributed by atoms with van der Waals surface area (Å²) < 4.78 is 0. The Labute approximate surface area is 91.4 Å². The molecule has 0 radical (unpaired) electrons. The van der Waals surface area contributed by atoms with E-state index in [2.05, 4.69) is 26.8 Å². The quantitative estimate of drug-likeness (QED) is 0.733. The van der Waals surface area contributed by atoms with Gasteiger partial charge < -0.3 is 5.11 Å². The highest BCUT2D eigenvalue weighted by atomic mass is 16.3. The summed E-state index contributed by atoms with van der Waals surface area (Å²) >= 11 is 0. The smallest absolute Gasteiger partial charge is 0.116 e. The summed E-state index contributed by atoms with van der Waals surface area (Å²) in [4.78, 5) is 0. The third-order valence-electron chi connectivity index (χ3n) is 3.12.